The molecule has 6 rings (SSSR count). The molecule has 1 saturated carbocycles. The molecule has 0 spiro atoms. The third kappa shape index (κ3) is 5.49. The van der Waals surface area contributed by atoms with E-state index in [1.165, 1.54) is 63.0 Å². The molecule has 8 heteroatoms. The Kier molecular flexibility index (Phi) is 7.41. The molecule has 0 amide bonds. The Bertz CT molecular complexity index is 1330. The number of halogens is 1. The van der Waals surface area contributed by atoms with Gasteiger partial charge in [-0.15, -0.1) is 0 Å². The smallest absolute Gasteiger partial charge is 0.167 e. The van der Waals surface area contributed by atoms with Crippen LogP contribution in [-0.4, -0.2) is 38.0 Å². The number of hydrogen-bond donors (Lipinski definition) is 2. The van der Waals surface area contributed by atoms with Crippen LogP contribution in [0.4, 0.5) is 16.0 Å². The zero-order valence-corrected chi connectivity index (χ0v) is 20.8. The van der Waals surface area contributed by atoms with Gasteiger partial charge < -0.3 is 10.6 Å². The van der Waals surface area contributed by atoms with Crippen LogP contribution in [0.1, 0.15) is 56.2 Å². The van der Waals surface area contributed by atoms with Crippen LogP contribution < -0.4 is 10.6 Å². The van der Waals surface area contributed by atoms with Gasteiger partial charge in [0.2, 0.25) is 0 Å². The lowest BCUT2D eigenvalue weighted by molar-refractivity contribution is 0.402. The molecule has 2 fully saturated rings. The number of fused-ring (bicyclic) bond motifs is 1. The first-order valence-electron chi connectivity index (χ1n) is 12.8. The number of aryl methyl sites for hydroxylation is 1. The van der Waals surface area contributed by atoms with Gasteiger partial charge in [-0.3, -0.25) is 4.98 Å². The average Bonchev–Trinajstić information content (AvgIpc) is 2.85. The largest absolute Gasteiger partial charge is 0.322 e. The Labute approximate surface area is 211 Å². The Balaban J connectivity index is 0.000000330. The molecule has 1 aliphatic heterocycles. The van der Waals surface area contributed by atoms with Crippen molar-refractivity contribution in [2.75, 3.05) is 18.4 Å². The van der Waals surface area contributed by atoms with Crippen LogP contribution in [-0.2, 0) is 0 Å². The minimum atomic E-state index is -0.438. The normalized spacial score (nSPS) is 16.2. The molecule has 7 nitrogen and oxygen atoms in total. The molecule has 0 aromatic carbocycles. The van der Waals surface area contributed by atoms with E-state index in [0.29, 0.717) is 17.6 Å². The van der Waals surface area contributed by atoms with E-state index in [0.717, 1.165) is 28.1 Å². The molecule has 0 bridgehead atoms. The van der Waals surface area contributed by atoms with E-state index in [1.54, 1.807) is 24.5 Å². The minimum absolute atomic E-state index is 0.127. The number of piperidine rings is 1. The summed E-state index contributed by atoms with van der Waals surface area (Å²) in [6.45, 7) is 6.81. The molecule has 5 heterocycles. The highest BCUT2D eigenvalue weighted by atomic mass is 19.1. The predicted molar refractivity (Wildman–Crippen MR) is 141 cm³/mol. The van der Waals surface area contributed by atoms with Crippen LogP contribution in [0.3, 0.4) is 0 Å². The number of hydrogen-bond acceptors (Lipinski definition) is 7. The summed E-state index contributed by atoms with van der Waals surface area (Å²) < 4.78 is 13.9. The summed E-state index contributed by atoms with van der Waals surface area (Å²) in [4.78, 5) is 22.2. The van der Waals surface area contributed by atoms with Crippen molar-refractivity contribution in [1.29, 1.82) is 0 Å². The van der Waals surface area contributed by atoms with E-state index < -0.39 is 5.82 Å². The topological polar surface area (TPSA) is 88.5 Å². The quantitative estimate of drug-likeness (QED) is 0.369. The molecule has 2 N–H and O–H groups in total. The third-order valence-electron chi connectivity index (χ3n) is 7.01. The van der Waals surface area contributed by atoms with Crippen molar-refractivity contribution < 1.29 is 4.39 Å². The lowest BCUT2D eigenvalue weighted by Crippen LogP contribution is -2.26. The number of nitrogens with one attached hydrogen (secondary N) is 2. The molecule has 2 aliphatic rings. The van der Waals surface area contributed by atoms with Crippen molar-refractivity contribution in [2.24, 2.45) is 5.92 Å². The predicted octanol–water partition coefficient (Wildman–Crippen LogP) is 5.95. The molecule has 0 atom stereocenters. The second-order valence-corrected chi connectivity index (χ2v) is 9.70. The maximum Gasteiger partial charge on any atom is 0.167 e. The molecule has 36 heavy (non-hydrogen) atoms. The highest BCUT2D eigenvalue weighted by Crippen LogP contribution is 2.39. The van der Waals surface area contributed by atoms with E-state index in [9.17, 15) is 4.39 Å². The molecular weight excluding hydrogens is 453 g/mol. The van der Waals surface area contributed by atoms with E-state index >= 15 is 0 Å². The van der Waals surface area contributed by atoms with Crippen LogP contribution in [0.15, 0.2) is 49.1 Å². The van der Waals surface area contributed by atoms with E-state index in [4.69, 9.17) is 9.97 Å². The zero-order chi connectivity index (χ0) is 24.9. The van der Waals surface area contributed by atoms with Gasteiger partial charge in [-0.2, -0.15) is 0 Å². The molecular formula is C28H32FN7. The van der Waals surface area contributed by atoms with Crippen molar-refractivity contribution in [3.05, 3.63) is 66.1 Å². The molecule has 4 aromatic heterocycles. The second kappa shape index (κ2) is 11.0. The summed E-state index contributed by atoms with van der Waals surface area (Å²) in [5, 5.41) is 7.33. The van der Waals surface area contributed by atoms with Crippen molar-refractivity contribution in [1.82, 2.24) is 30.2 Å². The molecule has 1 saturated heterocycles. The summed E-state index contributed by atoms with van der Waals surface area (Å²) in [7, 11) is 0. The maximum absolute atomic E-state index is 13.9. The van der Waals surface area contributed by atoms with Gasteiger partial charge in [0.1, 0.15) is 5.82 Å². The van der Waals surface area contributed by atoms with Gasteiger partial charge in [-0.05, 0) is 87.4 Å². The van der Waals surface area contributed by atoms with Crippen molar-refractivity contribution >= 4 is 22.5 Å². The highest BCUT2D eigenvalue weighted by Gasteiger charge is 2.23. The number of aromatic nitrogens is 5. The first-order valence-corrected chi connectivity index (χ1v) is 12.8. The van der Waals surface area contributed by atoms with Crippen molar-refractivity contribution in [3.63, 3.8) is 0 Å². The summed E-state index contributed by atoms with van der Waals surface area (Å²) >= 11 is 0. The second-order valence-electron chi connectivity index (χ2n) is 9.70. The first kappa shape index (κ1) is 24.2. The molecule has 186 valence electrons. The van der Waals surface area contributed by atoms with Gasteiger partial charge in [-0.25, -0.2) is 24.3 Å². The number of pyridine rings is 3. The SMILES string of the molecule is CC1CCNCC1.Cc1nc(-c2ccnc(Nc3ncccc3F)c2)nc2cncc(C3CCC3)c12. The van der Waals surface area contributed by atoms with Crippen LogP contribution in [0.2, 0.25) is 0 Å². The first-order chi connectivity index (χ1) is 17.6. The summed E-state index contributed by atoms with van der Waals surface area (Å²) in [5.41, 5.74) is 3.83. The Morgan fingerprint density at radius 1 is 1.00 bits per heavy atom. The zero-order valence-electron chi connectivity index (χ0n) is 20.8. The molecule has 0 radical (unpaired) electrons. The number of rotatable bonds is 4. The summed E-state index contributed by atoms with van der Waals surface area (Å²) in [6.07, 6.45) is 13.3. The summed E-state index contributed by atoms with van der Waals surface area (Å²) in [5.74, 6) is 2.29. The fraction of sp³-hybridized carbons (Fsp3) is 0.393. The van der Waals surface area contributed by atoms with Crippen LogP contribution in [0.5, 0.6) is 0 Å². The van der Waals surface area contributed by atoms with Gasteiger partial charge >= 0.3 is 0 Å². The molecule has 0 unspecified atom stereocenters. The highest BCUT2D eigenvalue weighted by molar-refractivity contribution is 5.85. The van der Waals surface area contributed by atoms with E-state index in [-0.39, 0.29) is 5.82 Å². The minimum Gasteiger partial charge on any atom is -0.322 e. The van der Waals surface area contributed by atoms with Gasteiger partial charge in [0, 0.05) is 35.2 Å². The van der Waals surface area contributed by atoms with Crippen molar-refractivity contribution in [2.45, 2.75) is 51.9 Å². The van der Waals surface area contributed by atoms with Gasteiger partial charge in [0.25, 0.3) is 0 Å². The molecule has 1 aliphatic carbocycles. The van der Waals surface area contributed by atoms with E-state index in [1.807, 2.05) is 19.2 Å². The lowest BCUT2D eigenvalue weighted by Gasteiger charge is -2.26. The van der Waals surface area contributed by atoms with E-state index in [2.05, 4.69) is 32.5 Å². The Hall–Kier alpha value is -3.52. The van der Waals surface area contributed by atoms with Gasteiger partial charge in [0.15, 0.2) is 17.5 Å². The fourth-order valence-electron chi connectivity index (χ4n) is 4.66. The third-order valence-corrected chi connectivity index (χ3v) is 7.01. The average molecular weight is 486 g/mol. The maximum atomic E-state index is 13.9. The Morgan fingerprint density at radius 3 is 2.53 bits per heavy atom. The van der Waals surface area contributed by atoms with Crippen LogP contribution in [0.25, 0.3) is 22.3 Å². The van der Waals surface area contributed by atoms with Crippen molar-refractivity contribution in [3.8, 4) is 11.4 Å². The van der Waals surface area contributed by atoms with Crippen LogP contribution >= 0.6 is 0 Å². The van der Waals surface area contributed by atoms with Gasteiger partial charge in [-0.1, -0.05) is 13.3 Å². The summed E-state index contributed by atoms with van der Waals surface area (Å²) in [6, 6.07) is 6.52. The van der Waals surface area contributed by atoms with Gasteiger partial charge in [0.05, 0.1) is 11.7 Å². The number of anilines is 2. The molecule has 4 aromatic rings. The standard InChI is InChI=1S/C22H19FN6.C6H13N/c1-13-20-16(14-4-2-5-14)11-24-12-18(20)28-21(27-13)15-7-9-25-19(10-15)29-22-17(23)6-3-8-26-22;1-6-2-4-7-5-3-6/h3,6-12,14H,2,4-5H2,1H3,(H,25,26,29);6-7H,2-5H2,1H3. The van der Waals surface area contributed by atoms with Crippen LogP contribution in [0, 0.1) is 18.7 Å². The lowest BCUT2D eigenvalue weighted by atomic mass is 9.79. The fourth-order valence-corrected chi connectivity index (χ4v) is 4.66. The Morgan fingerprint density at radius 2 is 1.83 bits per heavy atom. The monoisotopic (exact) mass is 485 g/mol. The number of nitrogens with zero attached hydrogens (tertiary/aromatic N) is 5.